The minimum absolute atomic E-state index is 0. The third-order valence-corrected chi connectivity index (χ3v) is 5.27. The van der Waals surface area contributed by atoms with E-state index in [4.69, 9.17) is 4.42 Å². The molecule has 3 rings (SSSR count). The van der Waals surface area contributed by atoms with E-state index in [1.807, 2.05) is 38.9 Å². The van der Waals surface area contributed by atoms with Crippen LogP contribution in [0.1, 0.15) is 21.7 Å². The van der Waals surface area contributed by atoms with Gasteiger partial charge in [-0.2, -0.15) is 0 Å². The number of rotatable bonds is 6. The minimum Gasteiger partial charge on any atom is -0.395 e. The number of nitro groups is 1. The molecule has 0 radical (unpaired) electrons. The molecule has 0 saturated heterocycles. The Morgan fingerprint density at radius 2 is 1.96 bits per heavy atom. The van der Waals surface area contributed by atoms with Gasteiger partial charge in [-0.25, -0.2) is 4.98 Å². The van der Waals surface area contributed by atoms with Crippen LogP contribution in [0, 0.1) is 24.0 Å². The second kappa shape index (κ2) is 8.68. The van der Waals surface area contributed by atoms with Gasteiger partial charge in [0.1, 0.15) is 4.92 Å². The lowest BCUT2D eigenvalue weighted by Gasteiger charge is -2.20. The van der Waals surface area contributed by atoms with Gasteiger partial charge in [0.15, 0.2) is 10.9 Å². The number of carbonyl (C=O) groups excluding carboxylic acids is 1. The highest BCUT2D eigenvalue weighted by atomic mass is 35.5. The number of thiazole rings is 1. The number of likely N-dealkylation sites (N-methyl/N-ethyl adjacent to an activating group) is 1. The molecule has 28 heavy (non-hydrogen) atoms. The summed E-state index contributed by atoms with van der Waals surface area (Å²) in [7, 11) is 3.82. The summed E-state index contributed by atoms with van der Waals surface area (Å²) in [4.78, 5) is 31.3. The summed E-state index contributed by atoms with van der Waals surface area (Å²) in [5.74, 6) is -0.979. The molecule has 2 aromatic heterocycles. The Morgan fingerprint density at radius 3 is 2.57 bits per heavy atom. The van der Waals surface area contributed by atoms with E-state index < -0.39 is 16.7 Å². The summed E-state index contributed by atoms with van der Waals surface area (Å²) in [5, 5.41) is 11.4. The van der Waals surface area contributed by atoms with E-state index in [1.165, 1.54) is 28.4 Å². The highest BCUT2D eigenvalue weighted by Gasteiger charge is 2.26. The molecule has 10 heteroatoms. The predicted octanol–water partition coefficient (Wildman–Crippen LogP) is 4.04. The van der Waals surface area contributed by atoms with Crippen molar-refractivity contribution in [3.63, 3.8) is 0 Å². The van der Waals surface area contributed by atoms with Crippen LogP contribution < -0.4 is 4.90 Å². The van der Waals surface area contributed by atoms with Crippen LogP contribution in [0.5, 0.6) is 0 Å². The van der Waals surface area contributed by atoms with Crippen molar-refractivity contribution < 1.29 is 14.1 Å². The van der Waals surface area contributed by atoms with Crippen molar-refractivity contribution in [2.45, 2.75) is 13.8 Å². The Hall–Kier alpha value is -2.49. The number of aryl methyl sites for hydroxylation is 2. The molecule has 0 N–H and O–H groups in total. The number of furan rings is 1. The summed E-state index contributed by atoms with van der Waals surface area (Å²) in [5.41, 5.74) is 3.03. The summed E-state index contributed by atoms with van der Waals surface area (Å²) in [6, 6.07) is 6.57. The van der Waals surface area contributed by atoms with Crippen LogP contribution in [0.3, 0.4) is 0 Å². The minimum atomic E-state index is -0.662. The summed E-state index contributed by atoms with van der Waals surface area (Å²) < 4.78 is 6.12. The highest BCUT2D eigenvalue weighted by Crippen LogP contribution is 2.33. The van der Waals surface area contributed by atoms with Crippen molar-refractivity contribution in [1.82, 2.24) is 9.88 Å². The largest absolute Gasteiger partial charge is 0.433 e. The summed E-state index contributed by atoms with van der Waals surface area (Å²) in [6.07, 6.45) is 0. The van der Waals surface area contributed by atoms with Gasteiger partial charge in [0.2, 0.25) is 0 Å². The van der Waals surface area contributed by atoms with Crippen LogP contribution >= 0.6 is 23.7 Å². The number of hydrogen-bond acceptors (Lipinski definition) is 7. The van der Waals surface area contributed by atoms with E-state index in [1.54, 1.807) is 0 Å². The fourth-order valence-electron chi connectivity index (χ4n) is 2.74. The number of fused-ring (bicyclic) bond motifs is 1. The van der Waals surface area contributed by atoms with Gasteiger partial charge in [-0.15, -0.1) is 12.4 Å². The number of nitrogens with zero attached hydrogens (tertiary/aromatic N) is 4. The molecule has 0 aliphatic heterocycles. The molecule has 3 aromatic rings. The first-order valence-corrected chi connectivity index (χ1v) is 9.16. The Labute approximate surface area is 172 Å². The SMILES string of the molecule is Cc1cc(C)c2sc(N(CCN(C)C)C(=O)c3ccc([N+](=O)[O-])o3)nc2c1.Cl. The summed E-state index contributed by atoms with van der Waals surface area (Å²) >= 11 is 1.43. The number of amides is 1. The molecule has 0 atom stereocenters. The van der Waals surface area contributed by atoms with Gasteiger partial charge >= 0.3 is 5.88 Å². The lowest BCUT2D eigenvalue weighted by Crippen LogP contribution is -2.36. The number of benzene rings is 1. The molecule has 8 nitrogen and oxygen atoms in total. The van der Waals surface area contributed by atoms with Crippen molar-refractivity contribution in [2.75, 3.05) is 32.1 Å². The zero-order valence-electron chi connectivity index (χ0n) is 16.0. The van der Waals surface area contributed by atoms with Gasteiger partial charge < -0.3 is 9.32 Å². The number of anilines is 1. The number of hydrogen-bond donors (Lipinski definition) is 0. The molecule has 150 valence electrons. The standard InChI is InChI=1S/C18H20N4O4S.ClH/c1-11-9-12(2)16-13(10-11)19-18(27-16)21(8-7-20(3)4)17(23)14-5-6-15(26-14)22(24)25;/h5-6,9-10H,7-8H2,1-4H3;1H. The van der Waals surface area contributed by atoms with Crippen LogP contribution in [0.2, 0.25) is 0 Å². The van der Waals surface area contributed by atoms with Crippen molar-refractivity contribution >= 4 is 50.9 Å². The van der Waals surface area contributed by atoms with Crippen molar-refractivity contribution in [2.24, 2.45) is 0 Å². The van der Waals surface area contributed by atoms with E-state index in [-0.39, 0.29) is 18.2 Å². The molecule has 0 unspecified atom stereocenters. The van der Waals surface area contributed by atoms with Crippen LogP contribution in [0.25, 0.3) is 10.2 Å². The van der Waals surface area contributed by atoms with E-state index in [9.17, 15) is 14.9 Å². The average molecular weight is 425 g/mol. The van der Waals surface area contributed by atoms with Crippen molar-refractivity contribution in [3.05, 3.63) is 51.3 Å². The van der Waals surface area contributed by atoms with Crippen LogP contribution in [0.4, 0.5) is 11.0 Å². The number of halogens is 1. The van der Waals surface area contributed by atoms with Gasteiger partial charge in [0, 0.05) is 13.1 Å². The second-order valence-corrected chi connectivity index (χ2v) is 7.56. The van der Waals surface area contributed by atoms with E-state index in [0.29, 0.717) is 18.2 Å². The van der Waals surface area contributed by atoms with Crippen LogP contribution in [-0.2, 0) is 0 Å². The Kier molecular flexibility index (Phi) is 6.76. The average Bonchev–Trinajstić information content (AvgIpc) is 3.21. The first kappa shape index (κ1) is 21.8. The van der Waals surface area contributed by atoms with Gasteiger partial charge in [-0.3, -0.25) is 19.8 Å². The van der Waals surface area contributed by atoms with Gasteiger partial charge in [0.05, 0.1) is 16.3 Å². The van der Waals surface area contributed by atoms with Crippen molar-refractivity contribution in [3.8, 4) is 0 Å². The lowest BCUT2D eigenvalue weighted by atomic mass is 10.1. The molecule has 2 heterocycles. The topological polar surface area (TPSA) is 92.7 Å². The monoisotopic (exact) mass is 424 g/mol. The van der Waals surface area contributed by atoms with Gasteiger partial charge in [0.25, 0.3) is 5.91 Å². The zero-order valence-corrected chi connectivity index (χ0v) is 17.6. The lowest BCUT2D eigenvalue weighted by molar-refractivity contribution is -0.402. The van der Waals surface area contributed by atoms with E-state index in [2.05, 4.69) is 11.1 Å². The number of carbonyl (C=O) groups is 1. The number of aromatic nitrogens is 1. The summed E-state index contributed by atoms with van der Waals surface area (Å²) in [6.45, 7) is 5.02. The fourth-order valence-corrected chi connectivity index (χ4v) is 3.78. The molecule has 0 aliphatic carbocycles. The Bertz CT molecular complexity index is 1010. The first-order valence-electron chi connectivity index (χ1n) is 8.35. The Morgan fingerprint density at radius 1 is 1.25 bits per heavy atom. The predicted molar refractivity (Wildman–Crippen MR) is 112 cm³/mol. The maximum atomic E-state index is 13.0. The molecule has 1 aromatic carbocycles. The van der Waals surface area contributed by atoms with E-state index >= 15 is 0 Å². The Balaban J connectivity index is 0.00000280. The quantitative estimate of drug-likeness (QED) is 0.438. The fraction of sp³-hybridized carbons (Fsp3) is 0.333. The first-order chi connectivity index (χ1) is 12.8. The van der Waals surface area contributed by atoms with Crippen molar-refractivity contribution in [1.29, 1.82) is 0 Å². The molecule has 0 fully saturated rings. The molecule has 0 spiro atoms. The van der Waals surface area contributed by atoms with Crippen LogP contribution in [-0.4, -0.2) is 47.9 Å². The molecule has 0 saturated carbocycles. The molecule has 1 amide bonds. The third-order valence-electron chi connectivity index (χ3n) is 4.04. The van der Waals surface area contributed by atoms with E-state index in [0.717, 1.165) is 21.3 Å². The molecule has 0 aliphatic rings. The van der Waals surface area contributed by atoms with Gasteiger partial charge in [-0.1, -0.05) is 17.4 Å². The third kappa shape index (κ3) is 4.49. The smallest absolute Gasteiger partial charge is 0.395 e. The molecular weight excluding hydrogens is 404 g/mol. The normalized spacial score (nSPS) is 10.9. The van der Waals surface area contributed by atoms with Gasteiger partial charge in [-0.05, 0) is 51.2 Å². The molecule has 0 bridgehead atoms. The molecular formula is C18H21ClN4O4S. The second-order valence-electron chi connectivity index (χ2n) is 6.58. The van der Waals surface area contributed by atoms with Crippen LogP contribution in [0.15, 0.2) is 28.7 Å². The maximum Gasteiger partial charge on any atom is 0.433 e. The maximum absolute atomic E-state index is 13.0. The highest BCUT2D eigenvalue weighted by molar-refractivity contribution is 7.22. The zero-order chi connectivity index (χ0) is 19.7.